The van der Waals surface area contributed by atoms with Gasteiger partial charge in [-0.1, -0.05) is 24.9 Å². The number of carbonyl (C=O) groups is 2. The third kappa shape index (κ3) is 4.58. The second-order valence-corrected chi connectivity index (χ2v) is 6.59. The number of halogens is 1. The number of anilines is 1. The summed E-state index contributed by atoms with van der Waals surface area (Å²) in [4.78, 5) is 36.5. The second-order valence-electron chi connectivity index (χ2n) is 6.15. The lowest BCUT2D eigenvalue weighted by Gasteiger charge is -2.07. The maximum atomic E-state index is 12.5. The predicted octanol–water partition coefficient (Wildman–Crippen LogP) is 4.66. The summed E-state index contributed by atoms with van der Waals surface area (Å²) >= 11 is 5.94. The van der Waals surface area contributed by atoms with Crippen LogP contribution in [0.4, 0.5) is 5.69 Å². The van der Waals surface area contributed by atoms with Crippen molar-refractivity contribution in [1.29, 1.82) is 0 Å². The van der Waals surface area contributed by atoms with Crippen LogP contribution in [0.1, 0.15) is 40.5 Å². The molecule has 0 aliphatic carbocycles. The van der Waals surface area contributed by atoms with Gasteiger partial charge in [0, 0.05) is 16.1 Å². The number of amides is 1. The van der Waals surface area contributed by atoms with Gasteiger partial charge in [-0.25, -0.2) is 9.59 Å². The van der Waals surface area contributed by atoms with Crippen molar-refractivity contribution in [1.82, 2.24) is 0 Å². The summed E-state index contributed by atoms with van der Waals surface area (Å²) in [5.41, 5.74) is 0.271. The van der Waals surface area contributed by atoms with Gasteiger partial charge in [-0.2, -0.15) is 0 Å². The quantitative estimate of drug-likeness (QED) is 0.370. The van der Waals surface area contributed by atoms with Gasteiger partial charge in [0.05, 0.1) is 12.2 Å². The Morgan fingerprint density at radius 3 is 2.57 bits per heavy atom. The first-order chi connectivity index (χ1) is 13.5. The van der Waals surface area contributed by atoms with Crippen LogP contribution < -0.4 is 10.9 Å². The van der Waals surface area contributed by atoms with E-state index in [4.69, 9.17) is 20.8 Å². The molecule has 0 bridgehead atoms. The van der Waals surface area contributed by atoms with Gasteiger partial charge in [0.1, 0.15) is 11.1 Å². The number of benzene rings is 2. The van der Waals surface area contributed by atoms with Gasteiger partial charge >= 0.3 is 11.6 Å². The molecule has 6 nitrogen and oxygen atoms in total. The van der Waals surface area contributed by atoms with Crippen LogP contribution in [0.15, 0.2) is 57.7 Å². The van der Waals surface area contributed by atoms with Crippen LogP contribution in [0.25, 0.3) is 11.0 Å². The number of nitrogens with one attached hydrogen (secondary N) is 1. The van der Waals surface area contributed by atoms with E-state index in [1.807, 2.05) is 6.92 Å². The summed E-state index contributed by atoms with van der Waals surface area (Å²) in [6, 6.07) is 12.4. The van der Waals surface area contributed by atoms with E-state index < -0.39 is 17.5 Å². The Balaban J connectivity index is 1.74. The normalized spacial score (nSPS) is 10.6. The third-order valence-electron chi connectivity index (χ3n) is 4.05. The number of hydrogen-bond donors (Lipinski definition) is 1. The highest BCUT2D eigenvalue weighted by atomic mass is 35.5. The van der Waals surface area contributed by atoms with Crippen LogP contribution in [0.3, 0.4) is 0 Å². The van der Waals surface area contributed by atoms with E-state index in [2.05, 4.69) is 5.32 Å². The minimum absolute atomic E-state index is 0.141. The van der Waals surface area contributed by atoms with E-state index in [1.165, 1.54) is 6.07 Å². The van der Waals surface area contributed by atoms with Crippen LogP contribution in [-0.2, 0) is 4.74 Å². The minimum Gasteiger partial charge on any atom is -0.462 e. The van der Waals surface area contributed by atoms with Gasteiger partial charge < -0.3 is 14.5 Å². The Bertz CT molecular complexity index is 1070. The van der Waals surface area contributed by atoms with Crippen molar-refractivity contribution in [3.8, 4) is 0 Å². The summed E-state index contributed by atoms with van der Waals surface area (Å²) in [5, 5.41) is 3.62. The number of esters is 1. The number of fused-ring (bicyclic) bond motifs is 1. The van der Waals surface area contributed by atoms with Gasteiger partial charge in [0.25, 0.3) is 5.91 Å². The average Bonchev–Trinajstić information content (AvgIpc) is 2.68. The number of unbranched alkanes of at least 4 members (excludes halogenated alkanes) is 1. The molecule has 7 heteroatoms. The Kier molecular flexibility index (Phi) is 6.11. The molecule has 144 valence electrons. The van der Waals surface area contributed by atoms with Gasteiger partial charge in [-0.3, -0.25) is 4.79 Å². The lowest BCUT2D eigenvalue weighted by atomic mass is 10.1. The van der Waals surface area contributed by atoms with Crippen LogP contribution in [0.5, 0.6) is 0 Å². The molecule has 3 aromatic rings. The Labute approximate surface area is 166 Å². The summed E-state index contributed by atoms with van der Waals surface area (Å²) in [7, 11) is 0. The van der Waals surface area contributed by atoms with Crippen molar-refractivity contribution in [3.05, 3.63) is 75.1 Å². The fraction of sp³-hybridized carbons (Fsp3) is 0.190. The molecule has 1 heterocycles. The SMILES string of the molecule is CCCCOC(=O)c1ccc(NC(=O)c2cc3cc(Cl)ccc3oc2=O)cc1. The molecular weight excluding hydrogens is 382 g/mol. The van der Waals surface area contributed by atoms with Crippen molar-refractivity contribution in [2.45, 2.75) is 19.8 Å². The van der Waals surface area contributed by atoms with Crippen molar-refractivity contribution >= 4 is 40.1 Å². The molecule has 2 aromatic carbocycles. The minimum atomic E-state index is -0.747. The summed E-state index contributed by atoms with van der Waals surface area (Å²) in [5.74, 6) is -1.03. The molecule has 0 saturated heterocycles. The number of hydrogen-bond acceptors (Lipinski definition) is 5. The van der Waals surface area contributed by atoms with Crippen LogP contribution in [0.2, 0.25) is 5.02 Å². The Morgan fingerprint density at radius 1 is 1.11 bits per heavy atom. The molecule has 0 saturated carbocycles. The van der Waals surface area contributed by atoms with E-state index in [9.17, 15) is 14.4 Å². The highest BCUT2D eigenvalue weighted by Crippen LogP contribution is 2.19. The molecule has 1 N–H and O–H groups in total. The number of rotatable bonds is 6. The molecule has 0 radical (unpaired) electrons. The second kappa shape index (κ2) is 8.71. The highest BCUT2D eigenvalue weighted by Gasteiger charge is 2.15. The van der Waals surface area contributed by atoms with E-state index in [0.717, 1.165) is 12.8 Å². The van der Waals surface area contributed by atoms with E-state index in [-0.39, 0.29) is 5.56 Å². The first-order valence-electron chi connectivity index (χ1n) is 8.80. The van der Waals surface area contributed by atoms with Gasteiger partial charge in [-0.15, -0.1) is 0 Å². The Hall–Kier alpha value is -3.12. The van der Waals surface area contributed by atoms with Crippen molar-refractivity contribution in [2.75, 3.05) is 11.9 Å². The maximum absolute atomic E-state index is 12.5. The molecule has 0 aliphatic rings. The zero-order chi connectivity index (χ0) is 20.1. The lowest BCUT2D eigenvalue weighted by molar-refractivity contribution is 0.0499. The topological polar surface area (TPSA) is 85.6 Å². The van der Waals surface area contributed by atoms with Crippen molar-refractivity contribution in [2.24, 2.45) is 0 Å². The molecule has 0 aliphatic heterocycles. The Morgan fingerprint density at radius 2 is 1.86 bits per heavy atom. The van der Waals surface area contributed by atoms with Crippen molar-refractivity contribution < 1.29 is 18.7 Å². The lowest BCUT2D eigenvalue weighted by Crippen LogP contribution is -2.20. The first kappa shape index (κ1) is 19.6. The highest BCUT2D eigenvalue weighted by molar-refractivity contribution is 6.31. The largest absolute Gasteiger partial charge is 0.462 e. The molecule has 28 heavy (non-hydrogen) atoms. The molecular formula is C21H18ClNO5. The van der Waals surface area contributed by atoms with Crippen molar-refractivity contribution in [3.63, 3.8) is 0 Å². The molecule has 0 atom stereocenters. The van der Waals surface area contributed by atoms with E-state index in [0.29, 0.717) is 33.8 Å². The summed E-state index contributed by atoms with van der Waals surface area (Å²) in [6.45, 7) is 2.38. The maximum Gasteiger partial charge on any atom is 0.349 e. The van der Waals surface area contributed by atoms with Gasteiger partial charge in [0.2, 0.25) is 0 Å². The van der Waals surface area contributed by atoms with Gasteiger partial charge in [0.15, 0.2) is 0 Å². The number of carbonyl (C=O) groups excluding carboxylic acids is 2. The molecule has 3 rings (SSSR count). The first-order valence-corrected chi connectivity index (χ1v) is 9.17. The fourth-order valence-corrected chi connectivity index (χ4v) is 2.71. The fourth-order valence-electron chi connectivity index (χ4n) is 2.53. The van der Waals surface area contributed by atoms with E-state index in [1.54, 1.807) is 42.5 Å². The smallest absolute Gasteiger partial charge is 0.349 e. The molecule has 1 aromatic heterocycles. The molecule has 1 amide bonds. The van der Waals surface area contributed by atoms with Crippen LogP contribution >= 0.6 is 11.6 Å². The molecule has 0 fully saturated rings. The van der Waals surface area contributed by atoms with Crippen LogP contribution in [-0.4, -0.2) is 18.5 Å². The molecule has 0 spiro atoms. The van der Waals surface area contributed by atoms with E-state index >= 15 is 0 Å². The average molecular weight is 400 g/mol. The zero-order valence-corrected chi connectivity index (χ0v) is 15.9. The van der Waals surface area contributed by atoms with Crippen LogP contribution in [0, 0.1) is 0 Å². The predicted molar refractivity (Wildman–Crippen MR) is 107 cm³/mol. The standard InChI is InChI=1S/C21H18ClNO5/c1-2-3-10-27-20(25)13-4-7-16(8-5-13)23-19(24)17-12-14-11-15(22)6-9-18(14)28-21(17)26/h4-9,11-12H,2-3,10H2,1H3,(H,23,24). The third-order valence-corrected chi connectivity index (χ3v) is 4.28. The monoisotopic (exact) mass is 399 g/mol. The summed E-state index contributed by atoms with van der Waals surface area (Å²) < 4.78 is 10.3. The number of ether oxygens (including phenoxy) is 1. The molecule has 0 unspecified atom stereocenters. The van der Waals surface area contributed by atoms with Gasteiger partial charge in [-0.05, 0) is 55.0 Å². The zero-order valence-electron chi connectivity index (χ0n) is 15.2. The summed E-state index contributed by atoms with van der Waals surface area (Å²) in [6.07, 6.45) is 1.74.